The van der Waals surface area contributed by atoms with Gasteiger partial charge in [0.05, 0.1) is 12.2 Å². The van der Waals surface area contributed by atoms with Crippen molar-refractivity contribution in [2.45, 2.75) is 59.3 Å². The van der Waals surface area contributed by atoms with E-state index in [4.69, 9.17) is 10.00 Å². The third-order valence-corrected chi connectivity index (χ3v) is 3.37. The summed E-state index contributed by atoms with van der Waals surface area (Å²) in [6, 6.07) is 3.46. The van der Waals surface area contributed by atoms with Crippen molar-refractivity contribution in [2.24, 2.45) is 0 Å². The number of ether oxygens (including phenoxy) is 1. The van der Waals surface area contributed by atoms with Crippen LogP contribution >= 0.6 is 12.6 Å². The maximum Gasteiger partial charge on any atom is 0.163 e. The number of hydrogen-bond acceptors (Lipinski definition) is 5. The number of rotatable bonds is 9. The highest BCUT2D eigenvalue weighted by Gasteiger charge is 2.15. The summed E-state index contributed by atoms with van der Waals surface area (Å²) in [5, 5.41) is 18.8. The number of phenols is 1. The van der Waals surface area contributed by atoms with Gasteiger partial charge >= 0.3 is 0 Å². The first-order valence-electron chi connectivity index (χ1n) is 8.05. The summed E-state index contributed by atoms with van der Waals surface area (Å²) >= 11 is 3.09. The highest BCUT2D eigenvalue weighted by Crippen LogP contribution is 2.33. The molecule has 0 bridgehead atoms. The van der Waals surface area contributed by atoms with E-state index in [0.29, 0.717) is 17.9 Å². The Balaban J connectivity index is 0.00000149. The predicted molar refractivity (Wildman–Crippen MR) is 96.3 cm³/mol. The highest BCUT2D eigenvalue weighted by molar-refractivity contribution is 7.85. The molecule has 0 saturated heterocycles. The molecule has 0 aromatic heterocycles. The molecule has 128 valence electrons. The number of nitriles is 1. The molecule has 0 heterocycles. The molecule has 0 aliphatic heterocycles. The fraction of sp³-hybridized carbons (Fsp3) is 0.556. The van der Waals surface area contributed by atoms with Crippen LogP contribution in [0.4, 0.5) is 0 Å². The number of benzene rings is 1. The van der Waals surface area contributed by atoms with Gasteiger partial charge < -0.3 is 9.84 Å². The molecule has 0 atom stereocenters. The van der Waals surface area contributed by atoms with Gasteiger partial charge in [-0.2, -0.15) is 5.26 Å². The molecule has 0 radical (unpaired) electrons. The van der Waals surface area contributed by atoms with Crippen molar-refractivity contribution in [1.29, 1.82) is 5.26 Å². The van der Waals surface area contributed by atoms with Gasteiger partial charge in [-0.25, -0.2) is 0 Å². The summed E-state index contributed by atoms with van der Waals surface area (Å²) in [4.78, 5) is 11.5. The van der Waals surface area contributed by atoms with Gasteiger partial charge in [0.1, 0.15) is 16.9 Å². The fourth-order valence-corrected chi connectivity index (χ4v) is 2.24. The summed E-state index contributed by atoms with van der Waals surface area (Å²) in [7, 11) is 0. The lowest BCUT2D eigenvalue weighted by Gasteiger charge is -2.14. The number of thiol groups is 1. The Morgan fingerprint density at radius 2 is 1.91 bits per heavy atom. The zero-order chi connectivity index (χ0) is 17.7. The molecule has 1 aromatic carbocycles. The Bertz CT molecular complexity index is 524. The Kier molecular flexibility index (Phi) is 11.9. The number of carbonyl (C=O) groups is 1. The number of thiocyanates is 1. The largest absolute Gasteiger partial charge is 0.507 e. The second kappa shape index (κ2) is 12.8. The molecular weight excluding hydrogens is 310 g/mol. The van der Waals surface area contributed by atoms with Gasteiger partial charge in [0, 0.05) is 5.56 Å². The average Bonchev–Trinajstić information content (AvgIpc) is 2.50. The Labute approximate surface area is 144 Å². The number of Topliss-reactive ketones (excluding diaryl/α,β-unsaturated/α-hetero) is 1. The summed E-state index contributed by atoms with van der Waals surface area (Å²) in [5.74, 6) is 0.686. The van der Waals surface area contributed by atoms with Crippen molar-refractivity contribution >= 4 is 18.4 Å². The van der Waals surface area contributed by atoms with Gasteiger partial charge in [-0.1, -0.05) is 52.2 Å². The summed E-state index contributed by atoms with van der Waals surface area (Å²) in [6.07, 6.45) is 6.24. The first kappa shape index (κ1) is 21.3. The van der Waals surface area contributed by atoms with Crippen molar-refractivity contribution < 1.29 is 14.6 Å². The maximum absolute atomic E-state index is 11.5. The van der Waals surface area contributed by atoms with Crippen LogP contribution in [-0.4, -0.2) is 17.5 Å². The van der Waals surface area contributed by atoms with E-state index in [9.17, 15) is 9.90 Å². The van der Waals surface area contributed by atoms with Crippen LogP contribution in [0.15, 0.2) is 12.1 Å². The van der Waals surface area contributed by atoms with Crippen LogP contribution < -0.4 is 4.74 Å². The average molecular weight is 337 g/mol. The first-order valence-corrected chi connectivity index (χ1v) is 8.49. The van der Waals surface area contributed by atoms with E-state index in [1.807, 2.05) is 6.92 Å². The van der Waals surface area contributed by atoms with Crippen LogP contribution in [0.2, 0.25) is 0 Å². The number of phenolic OH excluding ortho intramolecular Hbond substituents is 1. The quantitative estimate of drug-likeness (QED) is 0.291. The van der Waals surface area contributed by atoms with Crippen molar-refractivity contribution in [1.82, 2.24) is 0 Å². The van der Waals surface area contributed by atoms with Crippen molar-refractivity contribution in [3.63, 3.8) is 0 Å². The topological polar surface area (TPSA) is 70.3 Å². The molecule has 0 aliphatic carbocycles. The van der Waals surface area contributed by atoms with E-state index in [2.05, 4.69) is 19.6 Å². The van der Waals surface area contributed by atoms with Crippen LogP contribution in [0.25, 0.3) is 0 Å². The molecule has 1 N–H and O–H groups in total. The SMILES string of the molecule is CCCCCCOc1ccc(C(C)=O)c(O)c1CCC.N#CS. The van der Waals surface area contributed by atoms with E-state index in [0.717, 1.165) is 31.2 Å². The molecule has 0 fully saturated rings. The second-order valence-electron chi connectivity index (χ2n) is 5.25. The molecule has 0 amide bonds. The number of unbranched alkanes of at least 4 members (excludes halogenated alkanes) is 3. The van der Waals surface area contributed by atoms with Crippen LogP contribution in [0.3, 0.4) is 0 Å². The molecular formula is C18H27NO3S. The minimum Gasteiger partial charge on any atom is -0.507 e. The standard InChI is InChI=1S/C17H26O3.CHNS/c1-4-6-7-8-12-20-16-11-10-14(13(3)18)17(19)15(16)9-5-2;2-1-3/h10-11,19H,4-9,12H2,1-3H3;3H. The highest BCUT2D eigenvalue weighted by atomic mass is 32.1. The monoisotopic (exact) mass is 337 g/mol. The van der Waals surface area contributed by atoms with Crippen molar-refractivity contribution in [3.8, 4) is 16.9 Å². The zero-order valence-corrected chi connectivity index (χ0v) is 15.2. The van der Waals surface area contributed by atoms with E-state index in [-0.39, 0.29) is 11.5 Å². The van der Waals surface area contributed by atoms with Crippen LogP contribution in [0.5, 0.6) is 11.5 Å². The van der Waals surface area contributed by atoms with Crippen LogP contribution in [-0.2, 0) is 6.42 Å². The number of hydrogen-bond donors (Lipinski definition) is 2. The summed E-state index contributed by atoms with van der Waals surface area (Å²) in [6.45, 7) is 6.36. The van der Waals surface area contributed by atoms with E-state index in [1.54, 1.807) is 12.1 Å². The molecule has 0 aliphatic rings. The van der Waals surface area contributed by atoms with Crippen LogP contribution in [0, 0.1) is 10.7 Å². The normalized spacial score (nSPS) is 9.52. The van der Waals surface area contributed by atoms with E-state index in [1.165, 1.54) is 25.2 Å². The molecule has 5 heteroatoms. The van der Waals surface area contributed by atoms with Crippen molar-refractivity contribution in [2.75, 3.05) is 6.61 Å². The molecule has 1 rings (SSSR count). The third-order valence-electron chi connectivity index (χ3n) is 3.37. The summed E-state index contributed by atoms with van der Waals surface area (Å²) in [5.41, 5.74) is 1.14. The molecule has 0 unspecified atom stereocenters. The lowest BCUT2D eigenvalue weighted by molar-refractivity contribution is 0.101. The zero-order valence-electron chi connectivity index (χ0n) is 14.3. The van der Waals surface area contributed by atoms with Gasteiger partial charge in [0.15, 0.2) is 5.78 Å². The van der Waals surface area contributed by atoms with Gasteiger partial charge in [-0.05, 0) is 31.9 Å². The molecule has 0 saturated carbocycles. The van der Waals surface area contributed by atoms with Gasteiger partial charge in [-0.3, -0.25) is 4.79 Å². The Morgan fingerprint density at radius 1 is 1.26 bits per heavy atom. The van der Waals surface area contributed by atoms with Gasteiger partial charge in [0.2, 0.25) is 0 Å². The van der Waals surface area contributed by atoms with E-state index < -0.39 is 0 Å². The lowest BCUT2D eigenvalue weighted by Crippen LogP contribution is -2.03. The number of carbonyl (C=O) groups excluding carboxylic acids is 1. The number of ketones is 1. The maximum atomic E-state index is 11.5. The van der Waals surface area contributed by atoms with E-state index >= 15 is 0 Å². The van der Waals surface area contributed by atoms with Crippen LogP contribution in [0.1, 0.15) is 68.8 Å². The first-order chi connectivity index (χ1) is 11.0. The lowest BCUT2D eigenvalue weighted by atomic mass is 10.0. The van der Waals surface area contributed by atoms with Gasteiger partial charge in [-0.15, -0.1) is 0 Å². The minimum atomic E-state index is -0.116. The van der Waals surface area contributed by atoms with Gasteiger partial charge in [0.25, 0.3) is 0 Å². The molecule has 1 aromatic rings. The molecule has 23 heavy (non-hydrogen) atoms. The minimum absolute atomic E-state index is 0.0883. The molecule has 0 spiro atoms. The second-order valence-corrected chi connectivity index (χ2v) is 5.45. The van der Waals surface area contributed by atoms with Crippen molar-refractivity contribution in [3.05, 3.63) is 23.3 Å². The third kappa shape index (κ3) is 7.94. The number of aromatic hydroxyl groups is 1. The summed E-state index contributed by atoms with van der Waals surface area (Å²) < 4.78 is 5.78. The Morgan fingerprint density at radius 3 is 2.43 bits per heavy atom. The number of nitrogens with zero attached hydrogens (tertiary/aromatic N) is 1. The molecule has 4 nitrogen and oxygen atoms in total. The Hall–Kier alpha value is -1.67. The predicted octanol–water partition coefficient (Wildman–Crippen LogP) is 4.90. The fourth-order valence-electron chi connectivity index (χ4n) is 2.24. The smallest absolute Gasteiger partial charge is 0.163 e.